The molecule has 0 aliphatic heterocycles. The normalized spacial score (nSPS) is 10.7. The molecule has 0 spiro atoms. The average Bonchev–Trinajstić information content (AvgIpc) is 3.47. The minimum Gasteiger partial charge on any atom is -0.342 e. The van der Waals surface area contributed by atoms with Crippen molar-refractivity contribution >= 4 is 56.7 Å². The minimum atomic E-state index is 0.621. The fraction of sp³-hybridized carbons (Fsp3) is 0.0870. The highest BCUT2D eigenvalue weighted by molar-refractivity contribution is 7.80. The van der Waals surface area contributed by atoms with Gasteiger partial charge in [-0.1, -0.05) is 24.3 Å². The average molecular weight is 449 g/mol. The molecule has 0 bridgehead atoms. The second-order valence-electron chi connectivity index (χ2n) is 6.49. The molecule has 0 unspecified atom stereocenters. The first-order valence-electron chi connectivity index (χ1n) is 9.37. The van der Waals surface area contributed by atoms with Gasteiger partial charge in [-0.25, -0.2) is 9.97 Å². The molecule has 4 rings (SSSR count). The van der Waals surface area contributed by atoms with Crippen LogP contribution in [0.3, 0.4) is 0 Å². The summed E-state index contributed by atoms with van der Waals surface area (Å²) in [5.41, 5.74) is 4.37. The second kappa shape index (κ2) is 9.30. The Labute approximate surface area is 189 Å². The number of thiophene rings is 2. The molecule has 30 heavy (non-hydrogen) atoms. The molecule has 4 aromatic rings. The van der Waals surface area contributed by atoms with E-state index in [1.54, 1.807) is 22.7 Å². The first-order valence-corrected chi connectivity index (χ1v) is 11.5. The van der Waals surface area contributed by atoms with E-state index in [1.807, 2.05) is 47.4 Å². The monoisotopic (exact) mass is 448 g/mol. The van der Waals surface area contributed by atoms with E-state index in [0.717, 1.165) is 37.9 Å². The largest absolute Gasteiger partial charge is 0.342 e. The maximum absolute atomic E-state index is 5.56. The molecule has 4 nitrogen and oxygen atoms in total. The van der Waals surface area contributed by atoms with Crippen LogP contribution in [0.2, 0.25) is 0 Å². The topological polar surface area (TPSA) is 41.0 Å². The van der Waals surface area contributed by atoms with Crippen LogP contribution >= 0.6 is 34.9 Å². The van der Waals surface area contributed by atoms with E-state index < -0.39 is 0 Å². The van der Waals surface area contributed by atoms with Gasteiger partial charge in [-0.3, -0.25) is 0 Å². The standard InChI is InChI=1S/C23H20N4S3/c1-3-11-27(12-4-2)23(28)24-16-9-10-17-18(15-16)26-22(20-8-6-14-30-20)21(25-17)19-7-5-13-29-19/h3-10,13-15H,1-2,11-12H2,(H,24,28). The summed E-state index contributed by atoms with van der Waals surface area (Å²) in [4.78, 5) is 14.1. The van der Waals surface area contributed by atoms with Gasteiger partial charge in [-0.15, -0.1) is 35.8 Å². The van der Waals surface area contributed by atoms with Crippen molar-refractivity contribution in [2.45, 2.75) is 0 Å². The molecular formula is C23H20N4S3. The zero-order chi connectivity index (χ0) is 20.9. The van der Waals surface area contributed by atoms with Crippen molar-refractivity contribution in [3.63, 3.8) is 0 Å². The lowest BCUT2D eigenvalue weighted by Gasteiger charge is -2.23. The van der Waals surface area contributed by atoms with Crippen LogP contribution in [-0.4, -0.2) is 33.1 Å². The highest BCUT2D eigenvalue weighted by atomic mass is 32.1. The van der Waals surface area contributed by atoms with Crippen LogP contribution < -0.4 is 5.32 Å². The van der Waals surface area contributed by atoms with Gasteiger partial charge >= 0.3 is 0 Å². The number of hydrogen-bond donors (Lipinski definition) is 1. The van der Waals surface area contributed by atoms with Crippen LogP contribution in [-0.2, 0) is 0 Å². The number of thiocarbonyl (C=S) groups is 1. The van der Waals surface area contributed by atoms with E-state index in [0.29, 0.717) is 18.2 Å². The van der Waals surface area contributed by atoms with Crippen molar-refractivity contribution in [2.24, 2.45) is 0 Å². The molecule has 7 heteroatoms. The van der Waals surface area contributed by atoms with Gasteiger partial charge in [0.15, 0.2) is 5.11 Å². The Balaban J connectivity index is 1.72. The molecule has 1 N–H and O–H groups in total. The SMILES string of the molecule is C=CCN(CC=C)C(=S)Nc1ccc2nc(-c3cccs3)c(-c3cccs3)nc2c1. The zero-order valence-electron chi connectivity index (χ0n) is 16.2. The fourth-order valence-electron chi connectivity index (χ4n) is 3.06. The molecule has 0 amide bonds. The summed E-state index contributed by atoms with van der Waals surface area (Å²) in [6, 6.07) is 14.2. The van der Waals surface area contributed by atoms with Crippen LogP contribution in [0.25, 0.3) is 32.2 Å². The number of hydrogen-bond acceptors (Lipinski definition) is 5. The molecule has 0 aliphatic carbocycles. The molecule has 0 aliphatic rings. The number of fused-ring (bicyclic) bond motifs is 1. The van der Waals surface area contributed by atoms with Crippen LogP contribution in [0.15, 0.2) is 78.5 Å². The minimum absolute atomic E-state index is 0.621. The van der Waals surface area contributed by atoms with Crippen molar-refractivity contribution in [1.29, 1.82) is 0 Å². The number of nitrogens with zero attached hydrogens (tertiary/aromatic N) is 3. The maximum Gasteiger partial charge on any atom is 0.173 e. The van der Waals surface area contributed by atoms with Crippen molar-refractivity contribution in [3.05, 3.63) is 78.5 Å². The van der Waals surface area contributed by atoms with Gasteiger partial charge in [-0.05, 0) is 53.3 Å². The third kappa shape index (κ3) is 4.33. The molecular weight excluding hydrogens is 428 g/mol. The number of rotatable bonds is 7. The van der Waals surface area contributed by atoms with Crippen molar-refractivity contribution in [3.8, 4) is 21.1 Å². The fourth-order valence-corrected chi connectivity index (χ4v) is 4.75. The van der Waals surface area contributed by atoms with Gasteiger partial charge in [0.2, 0.25) is 0 Å². The van der Waals surface area contributed by atoms with Gasteiger partial charge in [0.1, 0.15) is 11.4 Å². The molecule has 0 atom stereocenters. The second-order valence-corrected chi connectivity index (χ2v) is 8.77. The zero-order valence-corrected chi connectivity index (χ0v) is 18.7. The van der Waals surface area contributed by atoms with E-state index in [1.165, 1.54) is 0 Å². The lowest BCUT2D eigenvalue weighted by atomic mass is 10.2. The molecule has 3 aromatic heterocycles. The van der Waals surface area contributed by atoms with E-state index in [-0.39, 0.29) is 0 Å². The number of aromatic nitrogens is 2. The van der Waals surface area contributed by atoms with Crippen molar-refractivity contribution < 1.29 is 0 Å². The van der Waals surface area contributed by atoms with Gasteiger partial charge in [0, 0.05) is 18.8 Å². The smallest absolute Gasteiger partial charge is 0.173 e. The van der Waals surface area contributed by atoms with Crippen LogP contribution in [0.5, 0.6) is 0 Å². The van der Waals surface area contributed by atoms with Crippen LogP contribution in [0, 0.1) is 0 Å². The number of anilines is 1. The predicted molar refractivity (Wildman–Crippen MR) is 134 cm³/mol. The highest BCUT2D eigenvalue weighted by Gasteiger charge is 2.15. The summed E-state index contributed by atoms with van der Waals surface area (Å²) >= 11 is 8.90. The molecule has 0 saturated carbocycles. The van der Waals surface area contributed by atoms with E-state index in [4.69, 9.17) is 22.2 Å². The van der Waals surface area contributed by atoms with Crippen molar-refractivity contribution in [2.75, 3.05) is 18.4 Å². The molecule has 0 fully saturated rings. The van der Waals surface area contributed by atoms with Gasteiger partial charge in [0.05, 0.1) is 20.8 Å². The van der Waals surface area contributed by atoms with E-state index in [2.05, 4.69) is 41.4 Å². The Bertz CT molecular complexity index is 1170. The molecule has 150 valence electrons. The maximum atomic E-state index is 5.56. The Morgan fingerprint density at radius 2 is 1.53 bits per heavy atom. The Kier molecular flexibility index (Phi) is 6.32. The lowest BCUT2D eigenvalue weighted by molar-refractivity contribution is 0.522. The first kappa shape index (κ1) is 20.4. The molecule has 1 aromatic carbocycles. The third-order valence-electron chi connectivity index (χ3n) is 4.41. The quantitative estimate of drug-likeness (QED) is 0.260. The Morgan fingerprint density at radius 3 is 2.07 bits per heavy atom. The lowest BCUT2D eigenvalue weighted by Crippen LogP contribution is -2.34. The number of benzene rings is 1. The Hall–Kier alpha value is -2.87. The highest BCUT2D eigenvalue weighted by Crippen LogP contribution is 2.35. The van der Waals surface area contributed by atoms with Crippen LogP contribution in [0.1, 0.15) is 0 Å². The van der Waals surface area contributed by atoms with Gasteiger partial charge in [0.25, 0.3) is 0 Å². The van der Waals surface area contributed by atoms with Gasteiger partial charge in [-0.2, -0.15) is 0 Å². The van der Waals surface area contributed by atoms with E-state index in [9.17, 15) is 0 Å². The first-order chi connectivity index (χ1) is 14.7. The summed E-state index contributed by atoms with van der Waals surface area (Å²) in [5.74, 6) is 0. The van der Waals surface area contributed by atoms with Gasteiger partial charge < -0.3 is 10.2 Å². The Morgan fingerprint density at radius 1 is 0.933 bits per heavy atom. The third-order valence-corrected chi connectivity index (χ3v) is 6.52. The summed E-state index contributed by atoms with van der Waals surface area (Å²) in [6.45, 7) is 8.89. The summed E-state index contributed by atoms with van der Waals surface area (Å²) in [7, 11) is 0. The molecule has 0 saturated heterocycles. The summed E-state index contributed by atoms with van der Waals surface area (Å²) < 4.78 is 0. The predicted octanol–water partition coefficient (Wildman–Crippen LogP) is 6.46. The summed E-state index contributed by atoms with van der Waals surface area (Å²) in [6.07, 6.45) is 3.64. The number of nitrogens with one attached hydrogen (secondary N) is 1. The van der Waals surface area contributed by atoms with Crippen molar-refractivity contribution in [1.82, 2.24) is 14.9 Å². The van der Waals surface area contributed by atoms with Crippen LogP contribution in [0.4, 0.5) is 5.69 Å². The molecule has 0 radical (unpaired) electrons. The molecule has 3 heterocycles. The summed E-state index contributed by atoms with van der Waals surface area (Å²) in [5, 5.41) is 8.04. The van der Waals surface area contributed by atoms with E-state index >= 15 is 0 Å².